The van der Waals surface area contributed by atoms with E-state index in [1.54, 1.807) is 18.5 Å². The second-order valence-corrected chi connectivity index (χ2v) is 6.09. The van der Waals surface area contributed by atoms with Gasteiger partial charge in [-0.05, 0) is 40.8 Å². The molecule has 5 heteroatoms. The van der Waals surface area contributed by atoms with E-state index in [1.165, 1.54) is 0 Å². The number of pyridine rings is 1. The van der Waals surface area contributed by atoms with Gasteiger partial charge >= 0.3 is 0 Å². The normalized spacial score (nSPS) is 30.6. The third kappa shape index (κ3) is 2.06. The van der Waals surface area contributed by atoms with E-state index in [1.807, 2.05) is 4.90 Å². The minimum Gasteiger partial charge on any atom is -0.393 e. The topological polar surface area (TPSA) is 53.4 Å². The molecule has 2 aliphatic rings. The number of carbonyl (C=O) groups excluding carboxylic acids is 1. The lowest BCUT2D eigenvalue weighted by molar-refractivity contribution is 0.0752. The highest BCUT2D eigenvalue weighted by Crippen LogP contribution is 2.38. The average molecular weight is 311 g/mol. The van der Waals surface area contributed by atoms with Gasteiger partial charge in [0.25, 0.3) is 5.91 Å². The summed E-state index contributed by atoms with van der Waals surface area (Å²) in [6, 6.07) is 1.79. The predicted octanol–water partition coefficient (Wildman–Crippen LogP) is 1.69. The molecule has 1 aliphatic carbocycles. The van der Waals surface area contributed by atoms with Crippen molar-refractivity contribution in [1.82, 2.24) is 9.88 Å². The molecule has 2 fully saturated rings. The van der Waals surface area contributed by atoms with Crippen LogP contribution in [0.5, 0.6) is 0 Å². The molecule has 0 spiro atoms. The van der Waals surface area contributed by atoms with Gasteiger partial charge in [-0.25, -0.2) is 0 Å². The SMILES string of the molecule is O=C(c1cncc(Br)c1)N1CC2CCC(O)C2C1. The molecule has 1 saturated carbocycles. The molecule has 1 aromatic rings. The summed E-state index contributed by atoms with van der Waals surface area (Å²) in [4.78, 5) is 18.2. The van der Waals surface area contributed by atoms with E-state index in [0.29, 0.717) is 18.0 Å². The van der Waals surface area contributed by atoms with Crippen molar-refractivity contribution in [2.45, 2.75) is 18.9 Å². The van der Waals surface area contributed by atoms with Crippen molar-refractivity contribution in [2.24, 2.45) is 11.8 Å². The van der Waals surface area contributed by atoms with Crippen LogP contribution in [0.2, 0.25) is 0 Å². The maximum absolute atomic E-state index is 12.3. The molecule has 1 amide bonds. The molecule has 3 unspecified atom stereocenters. The lowest BCUT2D eigenvalue weighted by Crippen LogP contribution is -2.31. The molecule has 1 aromatic heterocycles. The number of hydrogen-bond acceptors (Lipinski definition) is 3. The summed E-state index contributed by atoms with van der Waals surface area (Å²) in [6.07, 6.45) is 4.95. The summed E-state index contributed by atoms with van der Waals surface area (Å²) in [5.74, 6) is 0.767. The highest BCUT2D eigenvalue weighted by molar-refractivity contribution is 9.10. The Kier molecular flexibility index (Phi) is 3.11. The quantitative estimate of drug-likeness (QED) is 0.859. The van der Waals surface area contributed by atoms with E-state index in [9.17, 15) is 9.90 Å². The molecule has 0 radical (unpaired) electrons. The van der Waals surface area contributed by atoms with Gasteiger partial charge in [0.15, 0.2) is 0 Å². The standard InChI is InChI=1S/C13H15BrN2O2/c14-10-3-9(4-15-5-10)13(18)16-6-8-1-2-12(17)11(8)7-16/h3-5,8,11-12,17H,1-2,6-7H2. The van der Waals surface area contributed by atoms with Gasteiger partial charge in [-0.1, -0.05) is 0 Å². The molecule has 0 bridgehead atoms. The summed E-state index contributed by atoms with van der Waals surface area (Å²) >= 11 is 3.32. The van der Waals surface area contributed by atoms with Crippen LogP contribution in [0.15, 0.2) is 22.9 Å². The average Bonchev–Trinajstić information content (AvgIpc) is 2.91. The first-order chi connectivity index (χ1) is 8.65. The smallest absolute Gasteiger partial charge is 0.255 e. The lowest BCUT2D eigenvalue weighted by Gasteiger charge is -2.18. The number of likely N-dealkylation sites (tertiary alicyclic amines) is 1. The first kappa shape index (κ1) is 12.1. The van der Waals surface area contributed by atoms with Gasteiger partial charge in [0.2, 0.25) is 0 Å². The monoisotopic (exact) mass is 310 g/mol. The summed E-state index contributed by atoms with van der Waals surface area (Å²) in [7, 11) is 0. The number of rotatable bonds is 1. The van der Waals surface area contributed by atoms with Crippen molar-refractivity contribution in [1.29, 1.82) is 0 Å². The van der Waals surface area contributed by atoms with E-state index in [2.05, 4.69) is 20.9 Å². The fraction of sp³-hybridized carbons (Fsp3) is 0.538. The predicted molar refractivity (Wildman–Crippen MR) is 70.1 cm³/mol. The van der Waals surface area contributed by atoms with Crippen molar-refractivity contribution < 1.29 is 9.90 Å². The van der Waals surface area contributed by atoms with Gasteiger partial charge in [0.05, 0.1) is 11.7 Å². The molecule has 3 rings (SSSR count). The van der Waals surface area contributed by atoms with Crippen molar-refractivity contribution >= 4 is 21.8 Å². The Morgan fingerprint density at radius 2 is 2.22 bits per heavy atom. The Labute approximate surface area is 114 Å². The Balaban J connectivity index is 1.75. The number of amides is 1. The van der Waals surface area contributed by atoms with Gasteiger partial charge in [0.1, 0.15) is 0 Å². The van der Waals surface area contributed by atoms with Crippen LogP contribution >= 0.6 is 15.9 Å². The zero-order valence-electron chi connectivity index (χ0n) is 9.92. The highest BCUT2D eigenvalue weighted by atomic mass is 79.9. The van der Waals surface area contributed by atoms with Crippen molar-refractivity contribution in [3.8, 4) is 0 Å². The summed E-state index contributed by atoms with van der Waals surface area (Å²) < 4.78 is 0.813. The zero-order chi connectivity index (χ0) is 12.7. The van der Waals surface area contributed by atoms with Crippen LogP contribution < -0.4 is 0 Å². The van der Waals surface area contributed by atoms with E-state index in [0.717, 1.165) is 23.9 Å². The van der Waals surface area contributed by atoms with Crippen LogP contribution in [-0.2, 0) is 0 Å². The molecule has 1 N–H and O–H groups in total. The van der Waals surface area contributed by atoms with E-state index >= 15 is 0 Å². The number of hydrogen-bond donors (Lipinski definition) is 1. The first-order valence-electron chi connectivity index (χ1n) is 6.23. The van der Waals surface area contributed by atoms with Gasteiger partial charge in [-0.15, -0.1) is 0 Å². The number of aromatic nitrogens is 1. The van der Waals surface area contributed by atoms with E-state index in [-0.39, 0.29) is 17.9 Å². The maximum Gasteiger partial charge on any atom is 0.255 e. The Bertz CT molecular complexity index is 480. The third-order valence-electron chi connectivity index (χ3n) is 4.06. The fourth-order valence-electron chi connectivity index (χ4n) is 3.11. The van der Waals surface area contributed by atoms with Gasteiger partial charge < -0.3 is 10.0 Å². The Morgan fingerprint density at radius 3 is 2.94 bits per heavy atom. The molecule has 1 aliphatic heterocycles. The van der Waals surface area contributed by atoms with Gasteiger partial charge in [-0.3, -0.25) is 9.78 Å². The summed E-state index contributed by atoms with van der Waals surface area (Å²) in [5.41, 5.74) is 0.610. The van der Waals surface area contributed by atoms with Crippen molar-refractivity contribution in [2.75, 3.05) is 13.1 Å². The minimum atomic E-state index is -0.228. The number of halogens is 1. The van der Waals surface area contributed by atoms with E-state index in [4.69, 9.17) is 0 Å². The third-order valence-corrected chi connectivity index (χ3v) is 4.49. The van der Waals surface area contributed by atoms with Crippen LogP contribution in [0.4, 0.5) is 0 Å². The van der Waals surface area contributed by atoms with Crippen LogP contribution in [0.3, 0.4) is 0 Å². The van der Waals surface area contributed by atoms with Crippen LogP contribution in [0.1, 0.15) is 23.2 Å². The lowest BCUT2D eigenvalue weighted by atomic mass is 10.00. The van der Waals surface area contributed by atoms with Crippen LogP contribution in [0, 0.1) is 11.8 Å². The molecule has 18 heavy (non-hydrogen) atoms. The minimum absolute atomic E-state index is 0.0189. The summed E-state index contributed by atoms with van der Waals surface area (Å²) in [5, 5.41) is 9.86. The number of carbonyl (C=O) groups is 1. The molecule has 0 aromatic carbocycles. The molecule has 2 heterocycles. The first-order valence-corrected chi connectivity index (χ1v) is 7.02. The van der Waals surface area contributed by atoms with Crippen LogP contribution in [0.25, 0.3) is 0 Å². The molecular formula is C13H15BrN2O2. The molecular weight excluding hydrogens is 296 g/mol. The number of nitrogens with zero attached hydrogens (tertiary/aromatic N) is 2. The highest BCUT2D eigenvalue weighted by Gasteiger charge is 2.43. The van der Waals surface area contributed by atoms with Gasteiger partial charge in [-0.2, -0.15) is 0 Å². The number of fused-ring (bicyclic) bond motifs is 1. The molecule has 3 atom stereocenters. The van der Waals surface area contributed by atoms with Crippen LogP contribution in [-0.4, -0.2) is 40.1 Å². The van der Waals surface area contributed by atoms with Gasteiger partial charge in [0, 0.05) is 35.9 Å². The molecule has 4 nitrogen and oxygen atoms in total. The molecule has 1 saturated heterocycles. The molecule has 96 valence electrons. The fourth-order valence-corrected chi connectivity index (χ4v) is 3.48. The Morgan fingerprint density at radius 1 is 1.39 bits per heavy atom. The zero-order valence-corrected chi connectivity index (χ0v) is 11.5. The number of aliphatic hydroxyl groups excluding tert-OH is 1. The maximum atomic E-state index is 12.3. The Hall–Kier alpha value is -0.940. The number of aliphatic hydroxyl groups is 1. The largest absolute Gasteiger partial charge is 0.393 e. The summed E-state index contributed by atoms with van der Waals surface area (Å²) in [6.45, 7) is 1.45. The second-order valence-electron chi connectivity index (χ2n) is 5.17. The van der Waals surface area contributed by atoms with Crippen molar-refractivity contribution in [3.05, 3.63) is 28.5 Å². The second kappa shape index (κ2) is 4.63. The van der Waals surface area contributed by atoms with Crippen molar-refractivity contribution in [3.63, 3.8) is 0 Å². The van der Waals surface area contributed by atoms with E-state index < -0.39 is 0 Å².